The molecule has 6 heterocycles. The Balaban J connectivity index is 0.000000114. The number of rotatable bonds is 3. The first kappa shape index (κ1) is 50.9. The van der Waals surface area contributed by atoms with E-state index < -0.39 is 21.4 Å². The van der Waals surface area contributed by atoms with Gasteiger partial charge in [-0.05, 0) is 107 Å². The van der Waals surface area contributed by atoms with Crippen LogP contribution in [0.1, 0.15) is 0 Å². The number of alkyl halides is 3. The van der Waals surface area contributed by atoms with Gasteiger partial charge in [0.05, 0.1) is 68.8 Å². The molecule has 9 aromatic carbocycles. The number of nitrogens with zero attached hydrogens (tertiary/aromatic N) is 5. The van der Waals surface area contributed by atoms with Gasteiger partial charge in [0.25, 0.3) is 0 Å². The summed E-state index contributed by atoms with van der Waals surface area (Å²) in [5.74, 6) is 0.372. The van der Waals surface area contributed by atoms with Gasteiger partial charge in [-0.1, -0.05) is 89.4 Å². The molecule has 11 nitrogen and oxygen atoms in total. The van der Waals surface area contributed by atoms with Crippen molar-refractivity contribution in [3.8, 4) is 34.0 Å². The summed E-state index contributed by atoms with van der Waals surface area (Å²) < 4.78 is 74.1. The highest BCUT2D eigenvalue weighted by Gasteiger charge is 2.49. The van der Waals surface area contributed by atoms with Gasteiger partial charge < -0.3 is 28.3 Å². The second-order valence-electron chi connectivity index (χ2n) is 19.4. The van der Waals surface area contributed by atoms with Crippen LogP contribution in [0.25, 0.3) is 109 Å². The number of hydrogen-bond acceptors (Lipinski definition) is 9. The average molecular weight is 1140 g/mol. The monoisotopic (exact) mass is 1140 g/mol. The molecule has 2 aliphatic heterocycles. The van der Waals surface area contributed by atoms with Crippen LogP contribution in [0.4, 0.5) is 35.9 Å². The fraction of sp³-hybridized carbons (Fsp3) is 0.0806. The summed E-state index contributed by atoms with van der Waals surface area (Å²) in [7, 11) is 1.68. The Hall–Kier alpha value is -8.60. The molecule has 0 saturated heterocycles. The number of benzene rings is 9. The van der Waals surface area contributed by atoms with Crippen LogP contribution >= 0.6 is 34.8 Å². The summed E-state index contributed by atoms with van der Waals surface area (Å²) in [5, 5.41) is 10.9. The van der Waals surface area contributed by atoms with Gasteiger partial charge >= 0.3 is 15.6 Å². The van der Waals surface area contributed by atoms with E-state index in [0.29, 0.717) is 48.1 Å². The largest absolute Gasteiger partial charge is 0.534 e. The van der Waals surface area contributed by atoms with Crippen molar-refractivity contribution in [2.45, 2.75) is 5.51 Å². The van der Waals surface area contributed by atoms with Gasteiger partial charge in [-0.15, -0.1) is 0 Å². The van der Waals surface area contributed by atoms with Crippen molar-refractivity contribution in [2.24, 2.45) is 7.05 Å². The smallest absolute Gasteiger partial charge is 0.497 e. The van der Waals surface area contributed by atoms with Crippen LogP contribution in [0.3, 0.4) is 0 Å². The Morgan fingerprint density at radius 2 is 1.01 bits per heavy atom. The molecule has 0 aliphatic carbocycles. The lowest BCUT2D eigenvalue weighted by atomic mass is 9.93. The Kier molecular flexibility index (Phi) is 11.9. The zero-order valence-corrected chi connectivity index (χ0v) is 45.6. The molecule has 80 heavy (non-hydrogen) atoms. The summed E-state index contributed by atoms with van der Waals surface area (Å²) in [6.07, 6.45) is 0. The van der Waals surface area contributed by atoms with Crippen molar-refractivity contribution >= 4 is 155 Å². The van der Waals surface area contributed by atoms with Crippen LogP contribution in [0.5, 0.6) is 11.5 Å². The van der Waals surface area contributed by atoms with Crippen LogP contribution in [0.2, 0.25) is 15.1 Å². The molecule has 1 N–H and O–H groups in total. The number of methoxy groups -OCH3 is 1. The molecule has 4 aromatic heterocycles. The van der Waals surface area contributed by atoms with Gasteiger partial charge in [-0.25, -0.2) is 9.97 Å². The fourth-order valence-electron chi connectivity index (χ4n) is 11.3. The molecule has 15 rings (SSSR count). The van der Waals surface area contributed by atoms with E-state index in [9.17, 15) is 26.4 Å². The summed E-state index contributed by atoms with van der Waals surface area (Å²) in [4.78, 5) is 29.6. The fourth-order valence-corrected chi connectivity index (χ4v) is 12.2. The number of para-hydroxylation sites is 3. The van der Waals surface area contributed by atoms with Crippen LogP contribution in [0, 0.1) is 0 Å². The van der Waals surface area contributed by atoms with Crippen LogP contribution in [-0.2, 0) is 17.2 Å². The number of pyridine rings is 4. The maximum Gasteiger partial charge on any atom is 0.534 e. The van der Waals surface area contributed by atoms with Crippen LogP contribution in [-0.4, -0.2) is 54.7 Å². The molecule has 0 amide bonds. The number of hydrogen-bond donors (Lipinski definition) is 1. The van der Waals surface area contributed by atoms with Gasteiger partial charge in [-0.3, -0.25) is 4.79 Å². The maximum atomic E-state index is 12.9. The van der Waals surface area contributed by atoms with Gasteiger partial charge in [-0.2, -0.15) is 21.6 Å². The quantitative estimate of drug-likeness (QED) is 0.0797. The first-order chi connectivity index (χ1) is 38.4. The van der Waals surface area contributed by atoms with Crippen molar-refractivity contribution in [1.82, 2.24) is 19.5 Å². The van der Waals surface area contributed by atoms with Crippen molar-refractivity contribution in [3.05, 3.63) is 189 Å². The zero-order chi connectivity index (χ0) is 55.7. The normalized spacial score (nSPS) is 12.7. The predicted octanol–water partition coefficient (Wildman–Crippen LogP) is 16.8. The molecular weight excluding hydrogens is 1100 g/mol. The number of aryl methyl sites for hydroxylation is 1. The van der Waals surface area contributed by atoms with E-state index in [1.165, 1.54) is 12.1 Å². The van der Waals surface area contributed by atoms with Crippen LogP contribution in [0.15, 0.2) is 169 Å². The molecule has 2 aliphatic rings. The molecule has 0 saturated carbocycles. The van der Waals surface area contributed by atoms with E-state index in [1.54, 1.807) is 49.4 Å². The number of fused-ring (bicyclic) bond motifs is 12. The van der Waals surface area contributed by atoms with E-state index in [4.69, 9.17) is 49.5 Å². The highest BCUT2D eigenvalue weighted by Crippen LogP contribution is 2.51. The number of nitrogens with one attached hydrogen (secondary N) is 1. The standard InChI is InChI=1S/C21H12ClF3N2O3S.C21H15ClN2O.C20H13ClN2O/c1-27-17-5-3-2-4-13(17)20-19-15(14-8-11(22)6-7-16(14)26-20)9-12(10-18(19)27)30-31(28,29)21(23,24)25;1-24-18-6-4-3-5-14(18)21-20-16(10-13(25-2)11-19(20)24)15-9-12(22)7-8-17(15)23-21;1-23-17-5-3-2-4-13(17)20-19-15(9-12(24)10-18(19)23)14-8-11(21)6-7-16(14)22-20/h2-10H,1H3;3-11H,1-2H3;2-10,22H,1H3. The number of halogens is 6. The molecule has 396 valence electrons. The minimum absolute atomic E-state index is 0.00200. The number of anilines is 4. The van der Waals surface area contributed by atoms with Crippen LogP contribution < -0.4 is 24.1 Å². The van der Waals surface area contributed by atoms with Gasteiger partial charge in [0.2, 0.25) is 0 Å². The van der Waals surface area contributed by atoms with E-state index in [1.807, 2.05) is 79.8 Å². The minimum Gasteiger partial charge on any atom is -0.497 e. The molecule has 0 spiro atoms. The first-order valence-corrected chi connectivity index (χ1v) is 27.4. The Morgan fingerprint density at radius 1 is 0.512 bits per heavy atom. The SMILES string of the molecule is CN1c2ccccc2-c2nc3ccc(Cl)cc3c3cc(OS(=O)(=O)C(F)(F)F)cc1c23.COc1cc2c3c(nc4ccc(Cl)cc4c3c1)-c1ccccc1N2C.Cn1c2ccccc2c2[nH]c3ccc(Cl)cc3c3cc(=O)cc1c32. The highest BCUT2D eigenvalue weighted by atomic mass is 35.5. The summed E-state index contributed by atoms with van der Waals surface area (Å²) in [6.45, 7) is 0. The average Bonchev–Trinajstić information content (AvgIpc) is 3.59. The van der Waals surface area contributed by atoms with E-state index in [2.05, 4.69) is 74.2 Å². The molecular formula is C62H40Cl3F3N6O5S. The zero-order valence-electron chi connectivity index (χ0n) is 42.5. The summed E-state index contributed by atoms with van der Waals surface area (Å²) in [5.41, 5.74) is 7.08. The third-order valence-corrected chi connectivity index (χ3v) is 16.6. The van der Waals surface area contributed by atoms with Crippen molar-refractivity contribution < 1.29 is 30.5 Å². The number of aromatic nitrogens is 4. The molecule has 0 unspecified atom stereocenters. The lowest BCUT2D eigenvalue weighted by molar-refractivity contribution is -0.0500. The number of ether oxygens (including phenoxy) is 1. The lowest BCUT2D eigenvalue weighted by Gasteiger charge is -2.30. The van der Waals surface area contributed by atoms with Gasteiger partial charge in [0.1, 0.15) is 11.5 Å². The first-order valence-electron chi connectivity index (χ1n) is 24.8. The molecule has 0 fully saturated rings. The van der Waals surface area contributed by atoms with Gasteiger partial charge in [0, 0.05) is 109 Å². The molecule has 0 bridgehead atoms. The molecule has 0 radical (unpaired) electrons. The molecule has 18 heteroatoms. The summed E-state index contributed by atoms with van der Waals surface area (Å²) in [6, 6.07) is 50.7. The van der Waals surface area contributed by atoms with Crippen molar-refractivity contribution in [2.75, 3.05) is 31.0 Å². The van der Waals surface area contributed by atoms with Crippen molar-refractivity contribution in [1.29, 1.82) is 0 Å². The maximum absolute atomic E-state index is 12.9. The minimum atomic E-state index is -5.84. The number of H-pyrrole nitrogens is 1. The second kappa shape index (κ2) is 18.8. The predicted molar refractivity (Wildman–Crippen MR) is 319 cm³/mol. The highest BCUT2D eigenvalue weighted by molar-refractivity contribution is 7.88. The van der Waals surface area contributed by atoms with E-state index >= 15 is 0 Å². The molecule has 13 aromatic rings. The lowest BCUT2D eigenvalue weighted by Crippen LogP contribution is -2.28. The number of aromatic amines is 1. The third-order valence-electron chi connectivity index (χ3n) is 14.9. The Bertz CT molecular complexity index is 5010. The van der Waals surface area contributed by atoms with Gasteiger partial charge in [0.15, 0.2) is 5.43 Å². The second-order valence-corrected chi connectivity index (χ2v) is 22.3. The van der Waals surface area contributed by atoms with Crippen molar-refractivity contribution in [3.63, 3.8) is 0 Å². The summed E-state index contributed by atoms with van der Waals surface area (Å²) >= 11 is 18.6. The Labute approximate surface area is 468 Å². The topological polar surface area (TPSA) is 123 Å². The Morgan fingerprint density at radius 3 is 1.59 bits per heavy atom. The van der Waals surface area contributed by atoms with E-state index in [-0.39, 0.29) is 5.43 Å². The third kappa shape index (κ3) is 8.17. The van der Waals surface area contributed by atoms with E-state index in [0.717, 1.165) is 105 Å². The molecule has 0 atom stereocenters.